The summed E-state index contributed by atoms with van der Waals surface area (Å²) in [6.45, 7) is 0.538. The first-order valence-electron chi connectivity index (χ1n) is 5.74. The highest BCUT2D eigenvalue weighted by Gasteiger charge is 2.12. The van der Waals surface area contributed by atoms with Gasteiger partial charge in [-0.1, -0.05) is 11.6 Å². The van der Waals surface area contributed by atoms with Gasteiger partial charge in [-0.3, -0.25) is 0 Å². The molecule has 0 aliphatic heterocycles. The van der Waals surface area contributed by atoms with Crippen LogP contribution in [0.25, 0.3) is 0 Å². The maximum absolute atomic E-state index is 11.0. The zero-order valence-corrected chi connectivity index (χ0v) is 12.6. The molecule has 0 aromatic heterocycles. The molecule has 19 heavy (non-hydrogen) atoms. The van der Waals surface area contributed by atoms with Crippen molar-refractivity contribution in [1.82, 2.24) is 0 Å². The van der Waals surface area contributed by atoms with Crippen LogP contribution in [0, 0.1) is 0 Å². The number of hydrogen-bond acceptors (Lipinski definition) is 5. The minimum atomic E-state index is -2.97. The van der Waals surface area contributed by atoms with Gasteiger partial charge in [0.1, 0.15) is 9.84 Å². The van der Waals surface area contributed by atoms with Crippen LogP contribution in [0.15, 0.2) is 12.1 Å². The first-order valence-corrected chi connectivity index (χ1v) is 8.18. The summed E-state index contributed by atoms with van der Waals surface area (Å²) in [6, 6.07) is 3.34. The summed E-state index contributed by atoms with van der Waals surface area (Å²) in [5.74, 6) is 1.09. The maximum atomic E-state index is 11.0. The molecule has 7 heteroatoms. The molecule has 0 bridgehead atoms. The first kappa shape index (κ1) is 16.1. The zero-order chi connectivity index (χ0) is 14.5. The lowest BCUT2D eigenvalue weighted by Gasteiger charge is -2.14. The van der Waals surface area contributed by atoms with Crippen molar-refractivity contribution in [1.29, 1.82) is 0 Å². The number of ether oxygens (including phenoxy) is 2. The second-order valence-electron chi connectivity index (χ2n) is 4.13. The molecule has 0 heterocycles. The quantitative estimate of drug-likeness (QED) is 0.774. The van der Waals surface area contributed by atoms with E-state index in [1.807, 2.05) is 0 Å². The van der Waals surface area contributed by atoms with Crippen LogP contribution in [0.3, 0.4) is 0 Å². The van der Waals surface area contributed by atoms with E-state index in [9.17, 15) is 8.42 Å². The highest BCUT2D eigenvalue weighted by atomic mass is 35.5. The van der Waals surface area contributed by atoms with Gasteiger partial charge in [-0.25, -0.2) is 8.42 Å². The molecule has 1 rings (SSSR count). The average Bonchev–Trinajstić information content (AvgIpc) is 2.33. The number of halogens is 1. The number of methoxy groups -OCH3 is 1. The number of nitrogens with two attached hydrogens (primary N) is 1. The normalized spacial score (nSPS) is 11.4. The van der Waals surface area contributed by atoms with Gasteiger partial charge in [-0.15, -0.1) is 0 Å². The van der Waals surface area contributed by atoms with Gasteiger partial charge in [0.15, 0.2) is 11.5 Å². The zero-order valence-electron chi connectivity index (χ0n) is 11.0. The molecule has 0 spiro atoms. The third-order valence-corrected chi connectivity index (χ3v) is 3.69. The van der Waals surface area contributed by atoms with Gasteiger partial charge < -0.3 is 15.2 Å². The molecule has 0 radical (unpaired) electrons. The van der Waals surface area contributed by atoms with Gasteiger partial charge in [0, 0.05) is 29.5 Å². The van der Waals surface area contributed by atoms with Crippen LogP contribution < -0.4 is 15.2 Å². The SMILES string of the molecule is COc1cc(Cl)cc(CN)c1OCCCS(C)(=O)=O. The minimum absolute atomic E-state index is 0.0842. The number of sulfone groups is 1. The molecule has 0 fully saturated rings. The van der Waals surface area contributed by atoms with E-state index in [4.69, 9.17) is 26.8 Å². The summed E-state index contributed by atoms with van der Waals surface area (Å²) < 4.78 is 32.8. The summed E-state index contributed by atoms with van der Waals surface area (Å²) in [7, 11) is -1.46. The Bertz CT molecular complexity index is 506. The molecule has 5 nitrogen and oxygen atoms in total. The van der Waals surface area contributed by atoms with Gasteiger partial charge in [0.25, 0.3) is 0 Å². The summed E-state index contributed by atoms with van der Waals surface area (Å²) in [4.78, 5) is 0. The fourth-order valence-corrected chi connectivity index (χ4v) is 2.46. The van der Waals surface area contributed by atoms with Crippen molar-refractivity contribution in [2.24, 2.45) is 5.73 Å². The number of hydrogen-bond donors (Lipinski definition) is 1. The van der Waals surface area contributed by atoms with Crippen molar-refractivity contribution < 1.29 is 17.9 Å². The summed E-state index contributed by atoms with van der Waals surface area (Å²) in [5.41, 5.74) is 6.35. The Balaban J connectivity index is 2.76. The average molecular weight is 308 g/mol. The highest BCUT2D eigenvalue weighted by molar-refractivity contribution is 7.90. The van der Waals surface area contributed by atoms with Crippen molar-refractivity contribution >= 4 is 21.4 Å². The predicted molar refractivity (Wildman–Crippen MR) is 75.7 cm³/mol. The van der Waals surface area contributed by atoms with Crippen LogP contribution in [-0.2, 0) is 16.4 Å². The molecule has 0 aliphatic rings. The van der Waals surface area contributed by atoms with Gasteiger partial charge >= 0.3 is 0 Å². The molecule has 0 saturated carbocycles. The smallest absolute Gasteiger partial charge is 0.165 e. The van der Waals surface area contributed by atoms with Crippen LogP contribution in [0.2, 0.25) is 5.02 Å². The second kappa shape index (κ2) is 6.98. The fourth-order valence-electron chi connectivity index (χ4n) is 1.59. The van der Waals surface area contributed by atoms with Crippen LogP contribution >= 0.6 is 11.6 Å². The Kier molecular flexibility index (Phi) is 5.90. The van der Waals surface area contributed by atoms with E-state index in [2.05, 4.69) is 0 Å². The first-order chi connectivity index (χ1) is 8.87. The topological polar surface area (TPSA) is 78.6 Å². The largest absolute Gasteiger partial charge is 0.493 e. The monoisotopic (exact) mass is 307 g/mol. The molecular formula is C12H18ClNO4S. The van der Waals surface area contributed by atoms with Gasteiger partial charge in [-0.2, -0.15) is 0 Å². The molecule has 0 amide bonds. The minimum Gasteiger partial charge on any atom is -0.493 e. The van der Waals surface area contributed by atoms with E-state index >= 15 is 0 Å². The third-order valence-electron chi connectivity index (χ3n) is 2.44. The Morgan fingerprint density at radius 3 is 2.58 bits per heavy atom. The lowest BCUT2D eigenvalue weighted by atomic mass is 10.2. The fraction of sp³-hybridized carbons (Fsp3) is 0.500. The van der Waals surface area contributed by atoms with Crippen molar-refractivity contribution in [3.8, 4) is 11.5 Å². The van der Waals surface area contributed by atoms with Crippen molar-refractivity contribution in [3.05, 3.63) is 22.7 Å². The molecule has 1 aromatic rings. The van der Waals surface area contributed by atoms with E-state index in [-0.39, 0.29) is 18.9 Å². The summed E-state index contributed by atoms with van der Waals surface area (Å²) >= 11 is 5.93. The lowest BCUT2D eigenvalue weighted by molar-refractivity contribution is 0.291. The van der Waals surface area contributed by atoms with E-state index in [1.165, 1.54) is 13.4 Å². The molecule has 0 saturated heterocycles. The van der Waals surface area contributed by atoms with E-state index in [0.717, 1.165) is 5.56 Å². The molecular weight excluding hydrogens is 290 g/mol. The van der Waals surface area contributed by atoms with E-state index in [0.29, 0.717) is 22.9 Å². The van der Waals surface area contributed by atoms with Crippen molar-refractivity contribution in [3.63, 3.8) is 0 Å². The van der Waals surface area contributed by atoms with E-state index in [1.54, 1.807) is 12.1 Å². The van der Waals surface area contributed by atoms with Crippen molar-refractivity contribution in [2.45, 2.75) is 13.0 Å². The Hall–Kier alpha value is -0.980. The molecule has 0 aliphatic carbocycles. The van der Waals surface area contributed by atoms with Crippen molar-refractivity contribution in [2.75, 3.05) is 25.7 Å². The maximum Gasteiger partial charge on any atom is 0.165 e. The van der Waals surface area contributed by atoms with Crippen LogP contribution in [-0.4, -0.2) is 34.1 Å². The van der Waals surface area contributed by atoms with Gasteiger partial charge in [-0.05, 0) is 12.5 Å². The van der Waals surface area contributed by atoms with Crippen LogP contribution in [0.4, 0.5) is 0 Å². The summed E-state index contributed by atoms with van der Waals surface area (Å²) in [5, 5.41) is 0.515. The van der Waals surface area contributed by atoms with Gasteiger partial charge in [0.05, 0.1) is 19.5 Å². The molecule has 1 aromatic carbocycles. The molecule has 2 N–H and O–H groups in total. The van der Waals surface area contributed by atoms with E-state index < -0.39 is 9.84 Å². The van der Waals surface area contributed by atoms with Crippen LogP contribution in [0.5, 0.6) is 11.5 Å². The number of rotatable bonds is 7. The Labute approximate surface area is 118 Å². The van der Waals surface area contributed by atoms with Crippen LogP contribution in [0.1, 0.15) is 12.0 Å². The highest BCUT2D eigenvalue weighted by Crippen LogP contribution is 2.34. The Morgan fingerprint density at radius 1 is 1.37 bits per heavy atom. The lowest BCUT2D eigenvalue weighted by Crippen LogP contribution is -2.10. The molecule has 0 unspecified atom stereocenters. The second-order valence-corrected chi connectivity index (χ2v) is 6.83. The standard InChI is InChI=1S/C12H18ClNO4S/c1-17-11-7-10(13)6-9(8-14)12(11)18-4-3-5-19(2,15)16/h6-7H,3-5,8,14H2,1-2H3. The van der Waals surface area contributed by atoms with Gasteiger partial charge in [0.2, 0.25) is 0 Å². The Morgan fingerprint density at radius 2 is 2.05 bits per heavy atom. The number of benzene rings is 1. The summed E-state index contributed by atoms with van der Waals surface area (Å²) in [6.07, 6.45) is 1.61. The molecule has 0 atom stereocenters. The predicted octanol–water partition coefficient (Wildman–Crippen LogP) is 1.62. The third kappa shape index (κ3) is 5.26. The molecule has 108 valence electrons.